The van der Waals surface area contributed by atoms with Crippen LogP contribution in [0.5, 0.6) is 5.75 Å². The highest BCUT2D eigenvalue weighted by atomic mass is 32.1. The molecule has 6 nitrogen and oxygen atoms in total. The molecule has 0 atom stereocenters. The van der Waals surface area contributed by atoms with Crippen molar-refractivity contribution in [3.05, 3.63) is 63.0 Å². The maximum Gasteiger partial charge on any atom is 0.339 e. The number of carbonyl (C=O) groups is 1. The van der Waals surface area contributed by atoms with Gasteiger partial charge in [-0.05, 0) is 56.2 Å². The fourth-order valence-corrected chi connectivity index (χ4v) is 4.24. The molecule has 0 aliphatic heterocycles. The first kappa shape index (κ1) is 19.1. The first-order chi connectivity index (χ1) is 13.9. The van der Waals surface area contributed by atoms with Crippen molar-refractivity contribution in [2.45, 2.75) is 26.7 Å². The quantitative estimate of drug-likeness (QED) is 0.488. The van der Waals surface area contributed by atoms with Crippen LogP contribution in [0.1, 0.15) is 22.6 Å². The Balaban J connectivity index is 1.50. The van der Waals surface area contributed by atoms with Gasteiger partial charge < -0.3 is 14.5 Å². The van der Waals surface area contributed by atoms with Crippen LogP contribution in [0.4, 0.5) is 5.69 Å². The molecule has 4 rings (SSSR count). The fraction of sp³-hybridized carbons (Fsp3) is 0.227. The van der Waals surface area contributed by atoms with Gasteiger partial charge in [0.1, 0.15) is 11.3 Å². The molecule has 2 heterocycles. The van der Waals surface area contributed by atoms with Gasteiger partial charge in [0.05, 0.1) is 22.3 Å². The zero-order chi connectivity index (χ0) is 20.5. The van der Waals surface area contributed by atoms with Gasteiger partial charge in [-0.15, -0.1) is 11.3 Å². The topological polar surface area (TPSA) is 81.4 Å². The van der Waals surface area contributed by atoms with E-state index in [1.807, 2.05) is 44.2 Å². The van der Waals surface area contributed by atoms with Crippen LogP contribution in [0, 0.1) is 13.8 Å². The molecule has 0 radical (unpaired) electrons. The summed E-state index contributed by atoms with van der Waals surface area (Å²) in [5, 5.41) is 4.72. The SMILES string of the molecule is COc1ccc2c(C)c(CCC(=O)Nc3ccc4nc(C)sc4c3)c(=O)oc2c1. The summed E-state index contributed by atoms with van der Waals surface area (Å²) in [7, 11) is 1.56. The molecule has 7 heteroatoms. The highest BCUT2D eigenvalue weighted by Gasteiger charge is 2.14. The lowest BCUT2D eigenvalue weighted by Crippen LogP contribution is -2.16. The van der Waals surface area contributed by atoms with Crippen LogP contribution < -0.4 is 15.7 Å². The molecule has 0 fully saturated rings. The van der Waals surface area contributed by atoms with E-state index in [2.05, 4.69) is 10.3 Å². The van der Waals surface area contributed by atoms with Gasteiger partial charge in [0.2, 0.25) is 5.91 Å². The molecule has 29 heavy (non-hydrogen) atoms. The van der Waals surface area contributed by atoms with E-state index in [-0.39, 0.29) is 12.3 Å². The van der Waals surface area contributed by atoms with E-state index in [9.17, 15) is 9.59 Å². The normalized spacial score (nSPS) is 11.1. The number of anilines is 1. The van der Waals surface area contributed by atoms with Crippen LogP contribution in [0.2, 0.25) is 0 Å². The van der Waals surface area contributed by atoms with E-state index in [1.54, 1.807) is 24.5 Å². The summed E-state index contributed by atoms with van der Waals surface area (Å²) in [6.07, 6.45) is 0.497. The number of nitrogens with zero attached hydrogens (tertiary/aromatic N) is 1. The molecule has 2 aromatic heterocycles. The third-order valence-electron chi connectivity index (χ3n) is 4.88. The lowest BCUT2D eigenvalue weighted by molar-refractivity contribution is -0.116. The molecule has 0 spiro atoms. The maximum atomic E-state index is 12.4. The summed E-state index contributed by atoms with van der Waals surface area (Å²) in [5.41, 5.74) is 3.05. The summed E-state index contributed by atoms with van der Waals surface area (Å²) in [4.78, 5) is 29.3. The number of aryl methyl sites for hydroxylation is 2. The Bertz CT molecular complexity index is 1290. The molecule has 2 aromatic carbocycles. The van der Waals surface area contributed by atoms with Crippen molar-refractivity contribution in [1.82, 2.24) is 4.98 Å². The number of ether oxygens (including phenoxy) is 1. The number of nitrogens with one attached hydrogen (secondary N) is 1. The first-order valence-electron chi connectivity index (χ1n) is 9.22. The maximum absolute atomic E-state index is 12.4. The van der Waals surface area contributed by atoms with Crippen molar-refractivity contribution in [2.24, 2.45) is 0 Å². The highest BCUT2D eigenvalue weighted by molar-refractivity contribution is 7.18. The van der Waals surface area contributed by atoms with Gasteiger partial charge in [-0.25, -0.2) is 9.78 Å². The Morgan fingerprint density at radius 2 is 2.03 bits per heavy atom. The molecule has 0 aliphatic carbocycles. The third-order valence-corrected chi connectivity index (χ3v) is 5.81. The van der Waals surface area contributed by atoms with Gasteiger partial charge in [-0.3, -0.25) is 4.79 Å². The second kappa shape index (κ2) is 7.67. The number of rotatable bonds is 5. The minimum Gasteiger partial charge on any atom is -0.497 e. The molecule has 0 bridgehead atoms. The monoisotopic (exact) mass is 408 g/mol. The zero-order valence-electron chi connectivity index (χ0n) is 16.4. The van der Waals surface area contributed by atoms with Crippen molar-refractivity contribution < 1.29 is 13.9 Å². The summed E-state index contributed by atoms with van der Waals surface area (Å²) >= 11 is 1.59. The van der Waals surface area contributed by atoms with Crippen molar-refractivity contribution in [3.63, 3.8) is 0 Å². The number of amides is 1. The van der Waals surface area contributed by atoms with E-state index >= 15 is 0 Å². The summed E-state index contributed by atoms with van der Waals surface area (Å²) in [6, 6.07) is 11.0. The van der Waals surface area contributed by atoms with Crippen LogP contribution in [-0.2, 0) is 11.2 Å². The molecule has 0 unspecified atom stereocenters. The fourth-order valence-electron chi connectivity index (χ4n) is 3.37. The number of thiazole rings is 1. The van der Waals surface area contributed by atoms with E-state index in [1.165, 1.54) is 0 Å². The largest absolute Gasteiger partial charge is 0.497 e. The molecule has 0 saturated heterocycles. The van der Waals surface area contributed by atoms with Gasteiger partial charge in [-0.1, -0.05) is 0 Å². The molecule has 1 amide bonds. The Labute approximate surface area is 171 Å². The van der Waals surface area contributed by atoms with Crippen LogP contribution in [0.3, 0.4) is 0 Å². The van der Waals surface area contributed by atoms with E-state index < -0.39 is 5.63 Å². The average Bonchev–Trinajstić information content (AvgIpc) is 3.06. The predicted molar refractivity (Wildman–Crippen MR) is 115 cm³/mol. The van der Waals surface area contributed by atoms with E-state index in [0.29, 0.717) is 23.3 Å². The molecule has 0 saturated carbocycles. The molecule has 148 valence electrons. The predicted octanol–water partition coefficient (Wildman–Crippen LogP) is 4.60. The number of benzene rings is 2. The lowest BCUT2D eigenvalue weighted by atomic mass is 10.0. The number of fused-ring (bicyclic) bond motifs is 2. The Morgan fingerprint density at radius 3 is 2.83 bits per heavy atom. The second-order valence-corrected chi connectivity index (χ2v) is 8.05. The molecular formula is C22H20N2O4S. The van der Waals surface area contributed by atoms with Crippen LogP contribution in [-0.4, -0.2) is 18.0 Å². The average molecular weight is 408 g/mol. The number of aromatic nitrogens is 1. The smallest absolute Gasteiger partial charge is 0.339 e. The number of hydrogen-bond acceptors (Lipinski definition) is 6. The Hall–Kier alpha value is -3.19. The number of carbonyl (C=O) groups excluding carboxylic acids is 1. The summed E-state index contributed by atoms with van der Waals surface area (Å²) in [5.74, 6) is 0.472. The first-order valence-corrected chi connectivity index (χ1v) is 10.0. The van der Waals surface area contributed by atoms with Gasteiger partial charge in [0, 0.05) is 29.1 Å². The van der Waals surface area contributed by atoms with Crippen LogP contribution in [0.15, 0.2) is 45.6 Å². The molecular weight excluding hydrogens is 388 g/mol. The van der Waals surface area contributed by atoms with Gasteiger partial charge in [0.25, 0.3) is 0 Å². The lowest BCUT2D eigenvalue weighted by Gasteiger charge is -2.09. The minimum atomic E-state index is -0.419. The van der Waals surface area contributed by atoms with Gasteiger partial charge in [0.15, 0.2) is 0 Å². The van der Waals surface area contributed by atoms with Gasteiger partial charge in [-0.2, -0.15) is 0 Å². The highest BCUT2D eigenvalue weighted by Crippen LogP contribution is 2.26. The summed E-state index contributed by atoms with van der Waals surface area (Å²) in [6.45, 7) is 3.83. The second-order valence-electron chi connectivity index (χ2n) is 6.82. The Kier molecular flexibility index (Phi) is 5.07. The molecule has 1 N–H and O–H groups in total. The van der Waals surface area contributed by atoms with Crippen molar-refractivity contribution in [1.29, 1.82) is 0 Å². The zero-order valence-corrected chi connectivity index (χ0v) is 17.2. The summed E-state index contributed by atoms with van der Waals surface area (Å²) < 4.78 is 11.7. The van der Waals surface area contributed by atoms with Crippen molar-refractivity contribution in [3.8, 4) is 5.75 Å². The minimum absolute atomic E-state index is 0.154. The van der Waals surface area contributed by atoms with E-state index in [0.717, 1.165) is 31.9 Å². The standard InChI is InChI=1S/C22H20N2O4S/c1-12-16-6-5-15(27-3)11-19(16)28-22(26)17(12)7-9-21(25)24-14-4-8-18-20(10-14)29-13(2)23-18/h4-6,8,10-11H,7,9H2,1-3H3,(H,24,25). The number of hydrogen-bond donors (Lipinski definition) is 1. The molecule has 4 aromatic rings. The van der Waals surface area contributed by atoms with Crippen LogP contribution in [0.25, 0.3) is 21.2 Å². The van der Waals surface area contributed by atoms with Crippen molar-refractivity contribution in [2.75, 3.05) is 12.4 Å². The van der Waals surface area contributed by atoms with Crippen LogP contribution >= 0.6 is 11.3 Å². The Morgan fingerprint density at radius 1 is 1.21 bits per heavy atom. The third kappa shape index (κ3) is 3.86. The van der Waals surface area contributed by atoms with E-state index in [4.69, 9.17) is 9.15 Å². The van der Waals surface area contributed by atoms with Crippen molar-refractivity contribution >= 4 is 44.1 Å². The van der Waals surface area contributed by atoms with Gasteiger partial charge >= 0.3 is 5.63 Å². The molecule has 0 aliphatic rings. The number of methoxy groups -OCH3 is 1.